The Labute approximate surface area is 141 Å². The second kappa shape index (κ2) is 9.30. The zero-order valence-electron chi connectivity index (χ0n) is 16.6. The van der Waals surface area contributed by atoms with Crippen LogP contribution in [-0.4, -0.2) is 25.0 Å². The van der Waals surface area contributed by atoms with Crippen LogP contribution in [0, 0.1) is 23.2 Å². The highest BCUT2D eigenvalue weighted by Gasteiger charge is 2.28. The molecule has 1 heteroatoms. The van der Waals surface area contributed by atoms with Crippen LogP contribution < -0.4 is 0 Å². The fourth-order valence-electron chi connectivity index (χ4n) is 4.41. The molecule has 1 aliphatic rings. The Morgan fingerprint density at radius 3 is 2.00 bits per heavy atom. The van der Waals surface area contributed by atoms with Gasteiger partial charge in [0.1, 0.15) is 0 Å². The van der Waals surface area contributed by atoms with E-state index in [4.69, 9.17) is 0 Å². The Kier molecular flexibility index (Phi) is 8.46. The normalized spacial score (nSPS) is 36.0. The Morgan fingerprint density at radius 1 is 0.773 bits per heavy atom. The quantitative estimate of drug-likeness (QED) is 0.543. The van der Waals surface area contributed by atoms with Crippen molar-refractivity contribution in [1.82, 2.24) is 4.90 Å². The van der Waals surface area contributed by atoms with Gasteiger partial charge in [0, 0.05) is 6.04 Å². The van der Waals surface area contributed by atoms with Crippen molar-refractivity contribution in [3.8, 4) is 0 Å². The van der Waals surface area contributed by atoms with Crippen molar-refractivity contribution in [2.75, 3.05) is 14.1 Å². The van der Waals surface area contributed by atoms with Gasteiger partial charge >= 0.3 is 0 Å². The van der Waals surface area contributed by atoms with Crippen molar-refractivity contribution in [3.63, 3.8) is 0 Å². The lowest BCUT2D eigenvalue weighted by Crippen LogP contribution is -2.30. The highest BCUT2D eigenvalue weighted by atomic mass is 15.1. The maximum absolute atomic E-state index is 2.51. The third-order valence-electron chi connectivity index (χ3n) is 6.43. The average molecular weight is 310 g/mol. The van der Waals surface area contributed by atoms with Crippen molar-refractivity contribution in [1.29, 1.82) is 0 Å². The van der Waals surface area contributed by atoms with Crippen molar-refractivity contribution in [3.05, 3.63) is 0 Å². The second-order valence-corrected chi connectivity index (χ2v) is 9.37. The summed E-state index contributed by atoms with van der Waals surface area (Å²) in [5.41, 5.74) is 0.513. The zero-order valence-corrected chi connectivity index (χ0v) is 16.6. The van der Waals surface area contributed by atoms with Crippen molar-refractivity contribution in [2.45, 2.75) is 98.4 Å². The maximum Gasteiger partial charge on any atom is 0.00917 e. The first-order chi connectivity index (χ1) is 10.2. The van der Waals surface area contributed by atoms with Crippen LogP contribution in [0.4, 0.5) is 0 Å². The van der Waals surface area contributed by atoms with Crippen LogP contribution in [0.2, 0.25) is 0 Å². The van der Waals surface area contributed by atoms with E-state index in [-0.39, 0.29) is 0 Å². The Morgan fingerprint density at radius 2 is 1.36 bits per heavy atom. The summed E-state index contributed by atoms with van der Waals surface area (Å²) in [6.07, 6.45) is 12.7. The van der Waals surface area contributed by atoms with Crippen molar-refractivity contribution >= 4 is 0 Å². The minimum absolute atomic E-state index is 0.513. The van der Waals surface area contributed by atoms with Crippen molar-refractivity contribution in [2.24, 2.45) is 23.2 Å². The summed E-state index contributed by atoms with van der Waals surface area (Å²) in [7, 11) is 4.54. The Balaban J connectivity index is 2.65. The first-order valence-corrected chi connectivity index (χ1v) is 9.88. The number of nitrogens with zero attached hydrogens (tertiary/aromatic N) is 1. The van der Waals surface area contributed by atoms with E-state index in [2.05, 4.69) is 53.6 Å². The number of hydrogen-bond donors (Lipinski definition) is 0. The molecule has 3 unspecified atom stereocenters. The van der Waals surface area contributed by atoms with Gasteiger partial charge in [-0.15, -0.1) is 0 Å². The molecule has 0 aromatic heterocycles. The van der Waals surface area contributed by atoms with Gasteiger partial charge in [-0.1, -0.05) is 73.1 Å². The van der Waals surface area contributed by atoms with Crippen molar-refractivity contribution < 1.29 is 0 Å². The molecule has 0 heterocycles. The van der Waals surface area contributed by atoms with Gasteiger partial charge < -0.3 is 4.90 Å². The summed E-state index contributed by atoms with van der Waals surface area (Å²) in [6.45, 7) is 12.5. The van der Waals surface area contributed by atoms with Crippen LogP contribution in [0.5, 0.6) is 0 Å². The van der Waals surface area contributed by atoms with Crippen LogP contribution in [0.1, 0.15) is 92.4 Å². The molecule has 0 N–H and O–H groups in total. The molecule has 1 saturated carbocycles. The second-order valence-electron chi connectivity index (χ2n) is 9.37. The first-order valence-electron chi connectivity index (χ1n) is 9.88. The van der Waals surface area contributed by atoms with E-state index in [1.165, 1.54) is 57.8 Å². The molecule has 0 aliphatic heterocycles. The monoisotopic (exact) mass is 309 g/mol. The lowest BCUT2D eigenvalue weighted by Gasteiger charge is -2.35. The summed E-state index contributed by atoms with van der Waals surface area (Å²) in [4.78, 5) is 2.47. The highest BCUT2D eigenvalue weighted by molar-refractivity contribution is 4.79. The molecule has 0 aromatic carbocycles. The summed E-state index contributed by atoms with van der Waals surface area (Å²) in [5, 5.41) is 0. The smallest absolute Gasteiger partial charge is 0.00917 e. The molecule has 1 fully saturated rings. The topological polar surface area (TPSA) is 3.24 Å². The average Bonchev–Trinajstić information content (AvgIpc) is 2.40. The Bertz CT molecular complexity index is 294. The van der Waals surface area contributed by atoms with Gasteiger partial charge in [-0.3, -0.25) is 0 Å². The van der Waals surface area contributed by atoms with Crippen LogP contribution >= 0.6 is 0 Å². The molecule has 132 valence electrons. The summed E-state index contributed by atoms with van der Waals surface area (Å²) in [5.74, 6) is 2.62. The van der Waals surface area contributed by atoms with Gasteiger partial charge in [0.05, 0.1) is 0 Å². The van der Waals surface area contributed by atoms with Gasteiger partial charge in [0.15, 0.2) is 0 Å². The molecule has 0 aromatic rings. The van der Waals surface area contributed by atoms with Gasteiger partial charge in [-0.25, -0.2) is 0 Å². The van der Waals surface area contributed by atoms with E-state index in [0.29, 0.717) is 5.41 Å². The number of rotatable bonds is 1. The minimum Gasteiger partial charge on any atom is -0.306 e. The summed E-state index contributed by atoms with van der Waals surface area (Å²) >= 11 is 0. The standard InChI is InChI=1S/C21H43N/c1-17-12-10-13-19(3)21(4,5)16-18(2)11-8-9-14-20(15-17)22(6)7/h17-20H,8-16H2,1-7H3/t17?,18?,19-,20?/m1/s1. The van der Waals surface area contributed by atoms with Gasteiger partial charge in [0.25, 0.3) is 0 Å². The molecule has 0 radical (unpaired) electrons. The molecule has 0 saturated heterocycles. The van der Waals surface area contributed by atoms with E-state index in [9.17, 15) is 0 Å². The van der Waals surface area contributed by atoms with E-state index < -0.39 is 0 Å². The molecule has 1 aliphatic carbocycles. The maximum atomic E-state index is 2.51. The van der Waals surface area contributed by atoms with E-state index in [1.807, 2.05) is 0 Å². The predicted octanol–water partition coefficient (Wildman–Crippen LogP) is 6.38. The van der Waals surface area contributed by atoms with Gasteiger partial charge in [-0.2, -0.15) is 0 Å². The fraction of sp³-hybridized carbons (Fsp3) is 1.00. The molecular formula is C21H43N. The SMILES string of the molecule is CC1CCC[C@@H](C)C(C)(C)CC(C)CCCCC(N(C)C)C1. The van der Waals surface area contributed by atoms with Crippen LogP contribution in [0.25, 0.3) is 0 Å². The lowest BCUT2D eigenvalue weighted by atomic mass is 9.71. The minimum atomic E-state index is 0.513. The molecule has 0 spiro atoms. The van der Waals surface area contributed by atoms with Crippen LogP contribution in [0.15, 0.2) is 0 Å². The summed E-state index contributed by atoms with van der Waals surface area (Å²) in [6, 6.07) is 0.794. The van der Waals surface area contributed by atoms with Crippen LogP contribution in [-0.2, 0) is 0 Å². The first kappa shape index (κ1) is 20.0. The zero-order chi connectivity index (χ0) is 16.8. The molecule has 22 heavy (non-hydrogen) atoms. The molecule has 4 atom stereocenters. The fourth-order valence-corrected chi connectivity index (χ4v) is 4.41. The summed E-state index contributed by atoms with van der Waals surface area (Å²) < 4.78 is 0. The van der Waals surface area contributed by atoms with E-state index in [0.717, 1.165) is 23.8 Å². The van der Waals surface area contributed by atoms with E-state index in [1.54, 1.807) is 0 Å². The molecule has 1 nitrogen and oxygen atoms in total. The third kappa shape index (κ3) is 7.02. The van der Waals surface area contributed by atoms with Gasteiger partial charge in [0.2, 0.25) is 0 Å². The lowest BCUT2D eigenvalue weighted by molar-refractivity contribution is 0.155. The molecule has 1 rings (SSSR count). The van der Waals surface area contributed by atoms with E-state index >= 15 is 0 Å². The highest BCUT2D eigenvalue weighted by Crippen LogP contribution is 2.38. The Hall–Kier alpha value is -0.0400. The van der Waals surface area contributed by atoms with Gasteiger partial charge in [-0.05, 0) is 56.5 Å². The predicted molar refractivity (Wildman–Crippen MR) is 100 cm³/mol. The molecular weight excluding hydrogens is 266 g/mol. The third-order valence-corrected chi connectivity index (χ3v) is 6.43. The number of hydrogen-bond acceptors (Lipinski definition) is 1. The van der Waals surface area contributed by atoms with Crippen LogP contribution in [0.3, 0.4) is 0 Å². The largest absolute Gasteiger partial charge is 0.306 e. The molecule has 0 bridgehead atoms. The molecule has 0 amide bonds.